The molecular formula is C77H162N16O. The molecule has 17 nitrogen and oxygen atoms in total. The van der Waals surface area contributed by atoms with Crippen molar-refractivity contribution < 1.29 is 4.74 Å². The van der Waals surface area contributed by atoms with Gasteiger partial charge < -0.3 is 74.7 Å². The summed E-state index contributed by atoms with van der Waals surface area (Å²) in [6.07, 6.45) is 17.3. The van der Waals surface area contributed by atoms with E-state index in [9.17, 15) is 0 Å². The van der Waals surface area contributed by atoms with Gasteiger partial charge in [-0.25, -0.2) is 4.98 Å². The molecule has 17 heteroatoms. The van der Waals surface area contributed by atoms with Gasteiger partial charge in [0.15, 0.2) is 0 Å². The monoisotopic (exact) mass is 1330 g/mol. The maximum Gasteiger partial charge on any atom is 0.0943 e. The average Bonchev–Trinajstić information content (AvgIpc) is 4.35. The van der Waals surface area contributed by atoms with Crippen molar-refractivity contribution in [2.75, 3.05) is 235 Å². The Balaban J connectivity index is -0.000000174. The molecule has 0 aliphatic carbocycles. The van der Waals surface area contributed by atoms with E-state index in [1.165, 1.54) is 134 Å². The van der Waals surface area contributed by atoms with Gasteiger partial charge in [-0.1, -0.05) is 122 Å². The Morgan fingerprint density at radius 1 is 0.426 bits per heavy atom. The van der Waals surface area contributed by atoms with Gasteiger partial charge in [0.25, 0.3) is 0 Å². The molecule has 5 aliphatic heterocycles. The van der Waals surface area contributed by atoms with Crippen molar-refractivity contribution in [1.82, 2.24) is 63.5 Å². The summed E-state index contributed by atoms with van der Waals surface area (Å²) in [5.74, 6) is 0. The van der Waals surface area contributed by atoms with Crippen molar-refractivity contribution in [3.63, 3.8) is 0 Å². The number of aryl methyl sites for hydroxylation is 3. The highest BCUT2D eigenvalue weighted by Gasteiger charge is 2.09. The number of rotatable bonds is 5. The van der Waals surface area contributed by atoms with E-state index in [1.54, 1.807) is 24.9 Å². The number of ether oxygens (including phenoxy) is 1. The molecule has 4 aromatic rings. The van der Waals surface area contributed by atoms with Crippen molar-refractivity contribution in [2.24, 2.45) is 18.5 Å². The smallest absolute Gasteiger partial charge is 0.0943 e. The fraction of sp³-hybridized carbons (Fsp3) is 0.740. The number of anilines is 1. The molecule has 2 aromatic carbocycles. The van der Waals surface area contributed by atoms with Gasteiger partial charge >= 0.3 is 0 Å². The highest BCUT2D eigenvalue weighted by Crippen LogP contribution is 2.08. The second kappa shape index (κ2) is 79.8. The van der Waals surface area contributed by atoms with E-state index >= 15 is 0 Å². The highest BCUT2D eigenvalue weighted by atomic mass is 16.5. The molecule has 7 heterocycles. The van der Waals surface area contributed by atoms with E-state index in [0.717, 1.165) is 52.5 Å². The molecule has 0 atom stereocenters. The number of nitrogens with zero attached hydrogens (tertiary/aromatic N) is 14. The minimum Gasteiger partial charge on any atom is -0.379 e. The van der Waals surface area contributed by atoms with Crippen LogP contribution in [0, 0.1) is 13.8 Å². The molecule has 94 heavy (non-hydrogen) atoms. The zero-order valence-electron chi connectivity index (χ0n) is 67.7. The lowest BCUT2D eigenvalue weighted by molar-refractivity contribution is 0.0503. The minimum absolute atomic E-state index is 0.676. The van der Waals surface area contributed by atoms with Crippen LogP contribution in [0.3, 0.4) is 0 Å². The van der Waals surface area contributed by atoms with E-state index < -0.39 is 0 Å². The van der Waals surface area contributed by atoms with Crippen molar-refractivity contribution in [1.29, 1.82) is 0 Å². The summed E-state index contributed by atoms with van der Waals surface area (Å²) in [5.41, 5.74) is 13.5. The third-order valence-corrected chi connectivity index (χ3v) is 14.0. The van der Waals surface area contributed by atoms with E-state index in [-0.39, 0.29) is 0 Å². The molecule has 9 rings (SSSR count). The number of morpholine rings is 1. The molecule has 4 N–H and O–H groups in total. The number of likely N-dealkylation sites (tertiary alicyclic amines) is 2. The van der Waals surface area contributed by atoms with Crippen LogP contribution < -0.4 is 16.4 Å². The van der Waals surface area contributed by atoms with E-state index in [1.807, 2.05) is 141 Å². The van der Waals surface area contributed by atoms with Crippen LogP contribution >= 0.6 is 0 Å². The van der Waals surface area contributed by atoms with Gasteiger partial charge in [-0.2, -0.15) is 0 Å². The molecule has 2 aromatic heterocycles. The summed E-state index contributed by atoms with van der Waals surface area (Å²) in [6.45, 7) is 52.3. The molecule has 0 unspecified atom stereocenters. The molecule has 5 saturated heterocycles. The predicted octanol–water partition coefficient (Wildman–Crippen LogP) is 12.3. The Bertz CT molecular complexity index is 1770. The summed E-state index contributed by atoms with van der Waals surface area (Å²) < 4.78 is 6.99. The second-order valence-electron chi connectivity index (χ2n) is 25.3. The van der Waals surface area contributed by atoms with Gasteiger partial charge in [0.05, 0.1) is 19.5 Å². The summed E-state index contributed by atoms with van der Waals surface area (Å²) >= 11 is 0. The molecule has 0 spiro atoms. The van der Waals surface area contributed by atoms with Gasteiger partial charge in [-0.3, -0.25) is 4.98 Å². The number of pyridine rings is 1. The first-order valence-corrected chi connectivity index (χ1v) is 35.9. The number of piperazine rings is 2. The topological polar surface area (TPSA) is 128 Å². The maximum atomic E-state index is 5.10. The fourth-order valence-electron chi connectivity index (χ4n) is 7.23. The Kier molecular flexibility index (Phi) is 87.9. The van der Waals surface area contributed by atoms with Crippen molar-refractivity contribution in [3.8, 4) is 0 Å². The molecule has 0 radical (unpaired) electrons. The number of piperidine rings is 1. The molecule has 0 amide bonds. The second-order valence-corrected chi connectivity index (χ2v) is 25.3. The summed E-state index contributed by atoms with van der Waals surface area (Å²) in [6, 6.07) is 25.8. The highest BCUT2D eigenvalue weighted by molar-refractivity contribution is 5.43. The Hall–Kier alpha value is -3.92. The van der Waals surface area contributed by atoms with Crippen LogP contribution in [-0.4, -0.2) is 305 Å². The molecule has 0 bridgehead atoms. The number of benzene rings is 2. The number of aromatic nitrogens is 3. The molecule has 556 valence electrons. The van der Waals surface area contributed by atoms with E-state index in [2.05, 4.69) is 209 Å². The SMILES string of the molecule is CC.CC(C)N(C)C(C)C.CCC.CCN.CCN.CCN(C)CC.CN(C)C.CN(C)c1ccccc1.CN1CCCC1.CN1CCCCC1.CN1CCN(C)CC1.CN1CCN(C)CC1.CN1CCOCC1.Cc1ccccc1.Cc1ccncc1.Cn1ccnc1. The van der Waals surface area contributed by atoms with E-state index in [0.29, 0.717) is 12.1 Å². The zero-order chi connectivity index (χ0) is 73.3. The quantitative estimate of drug-likeness (QED) is 0.197. The van der Waals surface area contributed by atoms with Crippen molar-refractivity contribution in [3.05, 3.63) is 115 Å². The number of hydrogen-bond acceptors (Lipinski definition) is 16. The third-order valence-electron chi connectivity index (χ3n) is 14.0. The average molecular weight is 1330 g/mol. The van der Waals surface area contributed by atoms with Crippen LogP contribution in [0.5, 0.6) is 0 Å². The summed E-state index contributed by atoms with van der Waals surface area (Å²) in [4.78, 5) is 32.8. The third kappa shape index (κ3) is 90.1. The zero-order valence-corrected chi connectivity index (χ0v) is 67.7. The lowest BCUT2D eigenvalue weighted by Gasteiger charge is -2.28. The van der Waals surface area contributed by atoms with Crippen LogP contribution in [0.4, 0.5) is 5.69 Å². The van der Waals surface area contributed by atoms with Crippen LogP contribution in [0.15, 0.2) is 104 Å². The van der Waals surface area contributed by atoms with E-state index in [4.69, 9.17) is 16.2 Å². The Morgan fingerprint density at radius 3 is 0.851 bits per heavy atom. The van der Waals surface area contributed by atoms with Gasteiger partial charge in [0.2, 0.25) is 0 Å². The Morgan fingerprint density at radius 2 is 0.713 bits per heavy atom. The van der Waals surface area contributed by atoms with Gasteiger partial charge in [0.1, 0.15) is 0 Å². The lowest BCUT2D eigenvalue weighted by atomic mass is 10.1. The number of imidazole rings is 1. The molecular weight excluding hydrogens is 1160 g/mol. The van der Waals surface area contributed by atoms with Crippen LogP contribution in [0.25, 0.3) is 0 Å². The van der Waals surface area contributed by atoms with Crippen molar-refractivity contribution >= 4 is 5.69 Å². The Labute approximate surface area is 586 Å². The summed E-state index contributed by atoms with van der Waals surface area (Å²) in [5, 5.41) is 0. The maximum absolute atomic E-state index is 5.10. The standard InChI is InChI=1S/C8H11N.C7H17N.C7H8.2C6H14N2.C6H7N.C6H13N.C5H11NO.C5H11N.C5H13N.C4H6N2.C3H9N.C3H8.2C2H7N.C2H6/c1-9(2)8-6-4-3-5-7-8;1-6(2)8(5)7(3)4;1-7-5-3-2-4-6-7;2*1-7-3-5-8(2)6-4-7;1-6-2-4-7-5-3-6;1-7-5-3-2-4-6-7;1-6-2-4-7-5-3-6;1-6-4-2-3-5-6;1-4-6(3)5-2;1-6-3-2-5-4-6;1-4(2)3;1-3-2;2*1-2-3;1-2/h3-7H,1-2H3;6-7H,1-5H3;2-6H,1H3;2*3-6H2,1-2H3;2-5H,1H3;2-6H2,1H3;2-5H2,1H3;2-5H2,1H3;4-5H2,1-3H3;2-4H,1H3;1-3H3;3H2,1-2H3;2*2-3H2,1H3;1-2H3. The lowest BCUT2D eigenvalue weighted by Crippen LogP contribution is -2.42. The largest absolute Gasteiger partial charge is 0.379 e. The predicted molar refractivity (Wildman–Crippen MR) is 424 cm³/mol. The number of hydrogen-bond donors (Lipinski definition) is 2. The van der Waals surface area contributed by atoms with Crippen LogP contribution in [-0.2, 0) is 11.8 Å². The minimum atomic E-state index is 0.676. The van der Waals surface area contributed by atoms with Crippen molar-refractivity contribution in [2.45, 2.75) is 148 Å². The number of likely N-dealkylation sites (N-methyl/N-ethyl adjacent to an activating group) is 5. The first-order valence-electron chi connectivity index (χ1n) is 35.9. The van der Waals surface area contributed by atoms with Gasteiger partial charge in [0, 0.05) is 129 Å². The molecule has 0 saturated carbocycles. The summed E-state index contributed by atoms with van der Waals surface area (Å²) in [7, 11) is 31.4. The molecule has 5 fully saturated rings. The number of nitrogens with two attached hydrogens (primary N) is 2. The van der Waals surface area contributed by atoms with Gasteiger partial charge in [-0.05, 0) is 234 Å². The van der Waals surface area contributed by atoms with Crippen LogP contribution in [0.2, 0.25) is 0 Å². The fourth-order valence-corrected chi connectivity index (χ4v) is 7.23. The normalized spacial score (nSPS) is 15.3. The van der Waals surface area contributed by atoms with Crippen LogP contribution in [0.1, 0.15) is 133 Å². The van der Waals surface area contributed by atoms with Gasteiger partial charge in [-0.15, -0.1) is 0 Å². The number of para-hydroxylation sites is 1. The first kappa shape index (κ1) is 104. The molecule has 5 aliphatic rings. The first-order chi connectivity index (χ1) is 44.6.